The van der Waals surface area contributed by atoms with Gasteiger partial charge in [0.25, 0.3) is 0 Å². The lowest BCUT2D eigenvalue weighted by Gasteiger charge is -2.41. The van der Waals surface area contributed by atoms with Gasteiger partial charge in [0.1, 0.15) is 11.3 Å². The molecule has 0 aliphatic heterocycles. The molecule has 2 rings (SSSR count). The van der Waals surface area contributed by atoms with E-state index in [1.54, 1.807) is 24.1 Å². The molecule has 0 N–H and O–H groups in total. The molecule has 1 aliphatic rings. The van der Waals surface area contributed by atoms with Crippen LogP contribution in [0.3, 0.4) is 0 Å². The Kier molecular flexibility index (Phi) is 7.14. The van der Waals surface area contributed by atoms with Crippen LogP contribution < -0.4 is 4.74 Å². The second-order valence-corrected chi connectivity index (χ2v) is 7.21. The number of hydrogen-bond donors (Lipinski definition) is 0. The summed E-state index contributed by atoms with van der Waals surface area (Å²) in [6.07, 6.45) is 4.46. The highest BCUT2D eigenvalue weighted by atomic mass is 19.3. The van der Waals surface area contributed by atoms with Gasteiger partial charge in [-0.1, -0.05) is 31.4 Å². The van der Waals surface area contributed by atoms with Gasteiger partial charge in [0.15, 0.2) is 0 Å². The summed E-state index contributed by atoms with van der Waals surface area (Å²) < 4.78 is 28.8. The average molecular weight is 379 g/mol. The van der Waals surface area contributed by atoms with Crippen molar-refractivity contribution in [3.8, 4) is 11.8 Å². The number of carbonyl (C=O) groups excluding carboxylic acids is 1. The van der Waals surface area contributed by atoms with E-state index in [9.17, 15) is 18.8 Å². The van der Waals surface area contributed by atoms with E-state index in [2.05, 4.69) is 10.8 Å². The summed E-state index contributed by atoms with van der Waals surface area (Å²) in [5.41, 5.74) is 0.174. The van der Waals surface area contributed by atoms with Gasteiger partial charge in [-0.05, 0) is 44.5 Å². The van der Waals surface area contributed by atoms with Crippen molar-refractivity contribution in [2.24, 2.45) is 0 Å². The minimum atomic E-state index is -2.85. The molecule has 5 nitrogen and oxygen atoms in total. The van der Waals surface area contributed by atoms with Gasteiger partial charge in [-0.3, -0.25) is 9.69 Å². The first kappa shape index (κ1) is 21.1. The van der Waals surface area contributed by atoms with Crippen molar-refractivity contribution >= 4 is 5.91 Å². The number of ether oxygens (including phenoxy) is 1. The molecule has 7 heteroatoms. The zero-order chi connectivity index (χ0) is 20.0. The normalized spacial score (nSPS) is 17.4. The van der Waals surface area contributed by atoms with Crippen molar-refractivity contribution in [2.45, 2.75) is 63.8 Å². The summed E-state index contributed by atoms with van der Waals surface area (Å²) in [5.74, 6) is 0.0205. The lowest BCUT2D eigenvalue weighted by molar-refractivity contribution is -0.139. The third-order valence-corrected chi connectivity index (χ3v) is 5.46. The van der Waals surface area contributed by atoms with Crippen molar-refractivity contribution in [1.82, 2.24) is 9.80 Å². The molecule has 1 amide bonds. The average Bonchev–Trinajstić information content (AvgIpc) is 2.67. The van der Waals surface area contributed by atoms with Crippen LogP contribution in [0.15, 0.2) is 24.3 Å². The minimum absolute atomic E-state index is 0.0846. The largest absolute Gasteiger partial charge is 0.435 e. The molecule has 0 radical (unpaired) electrons. The Morgan fingerprint density at radius 2 is 1.81 bits per heavy atom. The zero-order valence-corrected chi connectivity index (χ0v) is 16.1. The number of carbonyl (C=O) groups is 1. The quantitative estimate of drug-likeness (QED) is 0.723. The molecule has 1 aromatic carbocycles. The molecular weight excluding hydrogens is 352 g/mol. The van der Waals surface area contributed by atoms with Gasteiger partial charge < -0.3 is 9.64 Å². The van der Waals surface area contributed by atoms with Gasteiger partial charge in [-0.25, -0.2) is 0 Å². The highest BCUT2D eigenvalue weighted by Gasteiger charge is 2.40. The second-order valence-electron chi connectivity index (χ2n) is 7.21. The molecule has 0 aromatic heterocycles. The number of alkyl halides is 2. The molecule has 1 fully saturated rings. The van der Waals surface area contributed by atoms with Crippen molar-refractivity contribution < 1.29 is 18.3 Å². The van der Waals surface area contributed by atoms with E-state index in [1.165, 1.54) is 12.1 Å². The summed E-state index contributed by atoms with van der Waals surface area (Å²) in [7, 11) is 3.55. The lowest BCUT2D eigenvalue weighted by atomic mass is 9.81. The van der Waals surface area contributed by atoms with E-state index in [0.29, 0.717) is 19.4 Å². The van der Waals surface area contributed by atoms with Crippen LogP contribution in [0.4, 0.5) is 8.78 Å². The number of hydrogen-bond acceptors (Lipinski definition) is 4. The number of benzene rings is 1. The summed E-state index contributed by atoms with van der Waals surface area (Å²) in [4.78, 5) is 16.4. The SMILES string of the molecule is CC(C(=O)N(C)C1(C#N)CCCCC1)N(C)Cc1ccc(OC(F)F)cc1. The Morgan fingerprint density at radius 1 is 1.22 bits per heavy atom. The fraction of sp³-hybridized carbons (Fsp3) is 0.600. The Balaban J connectivity index is 2.00. The standard InChI is InChI=1S/C20H27F2N3O2/c1-15(18(26)25(3)20(14-23)11-5-4-6-12-20)24(2)13-16-7-9-17(10-8-16)27-19(21)22/h7-10,15,19H,4-6,11-13H2,1-3H3. The van der Waals surface area contributed by atoms with Crippen LogP contribution in [0.25, 0.3) is 0 Å². The van der Waals surface area contributed by atoms with E-state index in [0.717, 1.165) is 24.8 Å². The third kappa shape index (κ3) is 5.16. The first-order chi connectivity index (χ1) is 12.8. The fourth-order valence-corrected chi connectivity index (χ4v) is 3.54. The maximum absolute atomic E-state index is 12.9. The van der Waals surface area contributed by atoms with Crippen molar-refractivity contribution in [1.29, 1.82) is 5.26 Å². The van der Waals surface area contributed by atoms with Gasteiger partial charge in [0.2, 0.25) is 5.91 Å². The molecule has 1 aliphatic carbocycles. The number of amides is 1. The Hall–Kier alpha value is -2.20. The van der Waals surface area contributed by atoms with Gasteiger partial charge >= 0.3 is 6.61 Å². The van der Waals surface area contributed by atoms with E-state index >= 15 is 0 Å². The van der Waals surface area contributed by atoms with Gasteiger partial charge in [-0.2, -0.15) is 14.0 Å². The van der Waals surface area contributed by atoms with E-state index in [1.807, 2.05) is 18.9 Å². The second kappa shape index (κ2) is 9.14. The van der Waals surface area contributed by atoms with Crippen LogP contribution >= 0.6 is 0 Å². The Morgan fingerprint density at radius 3 is 2.33 bits per heavy atom. The fourth-order valence-electron chi connectivity index (χ4n) is 3.54. The van der Waals surface area contributed by atoms with Gasteiger partial charge in [-0.15, -0.1) is 0 Å². The van der Waals surface area contributed by atoms with Crippen LogP contribution in [0.5, 0.6) is 5.75 Å². The van der Waals surface area contributed by atoms with Crippen molar-refractivity contribution in [2.75, 3.05) is 14.1 Å². The monoisotopic (exact) mass is 379 g/mol. The van der Waals surface area contributed by atoms with Crippen LogP contribution in [-0.4, -0.2) is 48.0 Å². The Labute approximate surface area is 159 Å². The van der Waals surface area contributed by atoms with E-state index in [4.69, 9.17) is 0 Å². The number of nitriles is 1. The summed E-state index contributed by atoms with van der Waals surface area (Å²) in [5, 5.41) is 9.68. The molecule has 1 unspecified atom stereocenters. The third-order valence-electron chi connectivity index (χ3n) is 5.46. The first-order valence-electron chi connectivity index (χ1n) is 9.22. The van der Waals surface area contributed by atoms with Gasteiger partial charge in [0, 0.05) is 13.6 Å². The molecule has 0 heterocycles. The van der Waals surface area contributed by atoms with Crippen LogP contribution in [0.2, 0.25) is 0 Å². The van der Waals surface area contributed by atoms with Crippen LogP contribution in [-0.2, 0) is 11.3 Å². The maximum Gasteiger partial charge on any atom is 0.387 e. The highest BCUT2D eigenvalue weighted by Crippen LogP contribution is 2.33. The minimum Gasteiger partial charge on any atom is -0.435 e. The zero-order valence-electron chi connectivity index (χ0n) is 16.1. The molecular formula is C20H27F2N3O2. The summed E-state index contributed by atoms with van der Waals surface area (Å²) in [6, 6.07) is 8.35. The number of likely N-dealkylation sites (N-methyl/N-ethyl adjacent to an activating group) is 2. The summed E-state index contributed by atoms with van der Waals surface area (Å²) >= 11 is 0. The van der Waals surface area contributed by atoms with Crippen LogP contribution in [0.1, 0.15) is 44.6 Å². The number of nitrogens with zero attached hydrogens (tertiary/aromatic N) is 3. The van der Waals surface area contributed by atoms with Crippen molar-refractivity contribution in [3.63, 3.8) is 0 Å². The number of rotatable bonds is 7. The highest BCUT2D eigenvalue weighted by molar-refractivity contribution is 5.82. The molecule has 148 valence electrons. The molecule has 0 bridgehead atoms. The number of halogens is 2. The summed E-state index contributed by atoms with van der Waals surface area (Å²) in [6.45, 7) is -0.546. The molecule has 0 saturated heterocycles. The van der Waals surface area contributed by atoms with Crippen LogP contribution in [0, 0.1) is 11.3 Å². The van der Waals surface area contributed by atoms with Crippen molar-refractivity contribution in [3.05, 3.63) is 29.8 Å². The predicted octanol–water partition coefficient (Wildman–Crippen LogP) is 3.79. The molecule has 1 aromatic rings. The molecule has 1 atom stereocenters. The lowest BCUT2D eigenvalue weighted by Crippen LogP contribution is -2.55. The molecule has 0 spiro atoms. The maximum atomic E-state index is 12.9. The topological polar surface area (TPSA) is 56.6 Å². The Bertz CT molecular complexity index is 667. The molecule has 1 saturated carbocycles. The molecule has 27 heavy (non-hydrogen) atoms. The van der Waals surface area contributed by atoms with E-state index < -0.39 is 18.2 Å². The van der Waals surface area contributed by atoms with Gasteiger partial charge in [0.05, 0.1) is 12.1 Å². The first-order valence-corrected chi connectivity index (χ1v) is 9.22. The van der Waals surface area contributed by atoms with E-state index in [-0.39, 0.29) is 11.7 Å². The smallest absolute Gasteiger partial charge is 0.387 e. The predicted molar refractivity (Wildman–Crippen MR) is 98.2 cm³/mol.